The van der Waals surface area contributed by atoms with Crippen molar-refractivity contribution in [2.45, 2.75) is 6.92 Å². The second kappa shape index (κ2) is 6.64. The molecule has 0 bridgehead atoms. The highest BCUT2D eigenvalue weighted by Gasteiger charge is 2.31. The Morgan fingerprint density at radius 1 is 1.41 bits per heavy atom. The fraction of sp³-hybridized carbons (Fsp3) is 0.429. The molecule has 94 valence electrons. The third-order valence-corrected chi connectivity index (χ3v) is 6.80. The Morgan fingerprint density at radius 2 is 2.00 bits per heavy atom. The maximum absolute atomic E-state index is 12.2. The molecule has 0 saturated heterocycles. The van der Waals surface area contributed by atoms with Gasteiger partial charge in [0.15, 0.2) is 0 Å². The average Bonchev–Trinajstić information content (AvgIpc) is 2.59. The van der Waals surface area contributed by atoms with Crippen LogP contribution in [0.4, 0.5) is 0 Å². The number of nitrogens with zero attached hydrogens (tertiary/aromatic N) is 2. The van der Waals surface area contributed by atoms with Gasteiger partial charge >= 0.3 is 5.77 Å². The Balaban J connectivity index is 2.94. The van der Waals surface area contributed by atoms with E-state index in [0.717, 1.165) is 11.5 Å². The molecule has 6 nitrogen and oxygen atoms in total. The Kier molecular flexibility index (Phi) is 5.79. The fourth-order valence-electron chi connectivity index (χ4n) is 0.872. The smallest absolute Gasteiger partial charge is 0.405 e. The lowest BCUT2D eigenvalue weighted by Gasteiger charge is -2.12. The average molecular weight is 312 g/mol. The van der Waals surface area contributed by atoms with Gasteiger partial charge in [-0.15, -0.1) is 0 Å². The Bertz CT molecular complexity index is 462. The first-order valence-corrected chi connectivity index (χ1v) is 9.26. The number of aryl methyl sites for hydroxylation is 1. The first-order chi connectivity index (χ1) is 8.06. The van der Waals surface area contributed by atoms with Crippen molar-refractivity contribution in [2.24, 2.45) is 0 Å². The van der Waals surface area contributed by atoms with Gasteiger partial charge in [0.2, 0.25) is 0 Å². The van der Waals surface area contributed by atoms with Crippen LogP contribution in [0.3, 0.4) is 0 Å². The summed E-state index contributed by atoms with van der Waals surface area (Å²) >= 11 is 2.42. The largest absolute Gasteiger partial charge is 0.413 e. The van der Waals surface area contributed by atoms with Crippen molar-refractivity contribution in [1.82, 2.24) is 4.37 Å². The number of nitriles is 1. The van der Waals surface area contributed by atoms with E-state index in [9.17, 15) is 4.57 Å². The molecule has 0 spiro atoms. The predicted molar refractivity (Wildman–Crippen MR) is 69.0 cm³/mol. The van der Waals surface area contributed by atoms with E-state index in [0.29, 0.717) is 28.2 Å². The maximum atomic E-state index is 12.2. The van der Waals surface area contributed by atoms with Crippen molar-refractivity contribution in [1.29, 1.82) is 5.26 Å². The topological polar surface area (TPSA) is 81.4 Å². The Morgan fingerprint density at radius 3 is 2.47 bits per heavy atom. The molecule has 0 saturated carbocycles. The van der Waals surface area contributed by atoms with Crippen LogP contribution in [-0.4, -0.2) is 18.6 Å². The molecule has 0 aromatic carbocycles. The first-order valence-electron chi connectivity index (χ1n) is 4.17. The molecule has 1 heterocycles. The summed E-state index contributed by atoms with van der Waals surface area (Å²) in [7, 11) is 2.74. The molecule has 0 aliphatic rings. The van der Waals surface area contributed by atoms with Gasteiger partial charge in [-0.3, -0.25) is 0 Å². The summed E-state index contributed by atoms with van der Waals surface area (Å²) in [5.74, 6) is -3.24. The lowest BCUT2D eigenvalue weighted by atomic mass is 10.3. The van der Waals surface area contributed by atoms with Crippen molar-refractivity contribution in [3.05, 3.63) is 10.4 Å². The lowest BCUT2D eigenvalue weighted by molar-refractivity contribution is 0.468. The Hall–Kier alpha value is -0.230. The van der Waals surface area contributed by atoms with Crippen molar-refractivity contribution in [3.8, 4) is 11.9 Å². The molecule has 10 heteroatoms. The van der Waals surface area contributed by atoms with Gasteiger partial charge in [0.1, 0.15) is 35.0 Å². The fourth-order valence-corrected chi connectivity index (χ4v) is 5.39. The number of rotatable bonds is 6. The summed E-state index contributed by atoms with van der Waals surface area (Å²) in [4.78, 5) is 0.707. The minimum Gasteiger partial charge on any atom is -0.405 e. The van der Waals surface area contributed by atoms with Crippen molar-refractivity contribution >= 4 is 40.6 Å². The summed E-state index contributed by atoms with van der Waals surface area (Å²) in [6.07, 6.45) is 0. The molecule has 1 aromatic heterocycles. The van der Waals surface area contributed by atoms with Crippen molar-refractivity contribution < 1.29 is 17.5 Å². The van der Waals surface area contributed by atoms with E-state index in [1.54, 1.807) is 6.92 Å². The zero-order valence-electron chi connectivity index (χ0n) is 9.20. The third kappa shape index (κ3) is 3.88. The van der Waals surface area contributed by atoms with Gasteiger partial charge in [0.25, 0.3) is 5.88 Å². The quantitative estimate of drug-likeness (QED) is 0.584. The second-order valence-electron chi connectivity index (χ2n) is 2.55. The van der Waals surface area contributed by atoms with E-state index in [1.807, 2.05) is 6.07 Å². The molecule has 0 aliphatic heterocycles. The van der Waals surface area contributed by atoms with E-state index in [-0.39, 0.29) is 11.4 Å². The van der Waals surface area contributed by atoms with Crippen LogP contribution in [0.5, 0.6) is 5.88 Å². The van der Waals surface area contributed by atoms with Crippen LogP contribution >= 0.6 is 40.6 Å². The number of hydrogen-bond donors (Lipinski definition) is 0. The lowest BCUT2D eigenvalue weighted by Crippen LogP contribution is -1.90. The molecular weight excluding hydrogens is 303 g/mol. The summed E-state index contributed by atoms with van der Waals surface area (Å²) in [5, 5.41) is 8.92. The highest BCUT2D eigenvalue weighted by molar-refractivity contribution is 8.87. The van der Waals surface area contributed by atoms with Gasteiger partial charge in [-0.25, -0.2) is 4.57 Å². The second-order valence-corrected chi connectivity index (χ2v) is 10.0. The minimum atomic E-state index is -3.29. The molecule has 0 N–H and O–H groups in total. The van der Waals surface area contributed by atoms with Crippen molar-refractivity contribution in [2.75, 3.05) is 14.2 Å². The monoisotopic (exact) mass is 312 g/mol. The van der Waals surface area contributed by atoms with Gasteiger partial charge in [-0.2, -0.15) is 9.64 Å². The van der Waals surface area contributed by atoms with Crippen LogP contribution < -0.4 is 4.52 Å². The zero-order chi connectivity index (χ0) is 12.9. The first kappa shape index (κ1) is 14.8. The number of hydrogen-bond acceptors (Lipinski definition) is 9. The van der Waals surface area contributed by atoms with Crippen molar-refractivity contribution in [3.63, 3.8) is 0 Å². The highest BCUT2D eigenvalue weighted by Crippen LogP contribution is 2.69. The van der Waals surface area contributed by atoms with Crippen LogP contribution in [0.1, 0.15) is 10.4 Å². The van der Waals surface area contributed by atoms with E-state index in [4.69, 9.17) is 18.2 Å². The molecule has 0 amide bonds. The van der Waals surface area contributed by atoms with Crippen LogP contribution in [0.25, 0.3) is 0 Å². The molecule has 1 rings (SSSR count). The molecule has 0 aliphatic carbocycles. The van der Waals surface area contributed by atoms with Gasteiger partial charge in [-0.1, -0.05) is 0 Å². The normalized spacial score (nSPS) is 11.2. The van der Waals surface area contributed by atoms with E-state index in [2.05, 4.69) is 4.37 Å². The number of aromatic nitrogens is 1. The molecule has 0 radical (unpaired) electrons. The Labute approximate surface area is 111 Å². The summed E-state index contributed by atoms with van der Waals surface area (Å²) < 4.78 is 30.8. The third-order valence-electron chi connectivity index (χ3n) is 1.47. The van der Waals surface area contributed by atoms with Gasteiger partial charge in [-0.05, 0) is 18.5 Å². The van der Waals surface area contributed by atoms with E-state index < -0.39 is 5.77 Å². The molecule has 0 fully saturated rings. The van der Waals surface area contributed by atoms with Gasteiger partial charge < -0.3 is 12.9 Å². The summed E-state index contributed by atoms with van der Waals surface area (Å²) in [6, 6.07) is 1.95. The molecule has 17 heavy (non-hydrogen) atoms. The SMILES string of the molecule is COSP(=O)(Oc1nsc(C)c1C#N)SOC. The van der Waals surface area contributed by atoms with Crippen LogP contribution in [0.15, 0.2) is 0 Å². The summed E-state index contributed by atoms with van der Waals surface area (Å²) in [5.41, 5.74) is 0.281. The predicted octanol–water partition coefficient (Wildman–Crippen LogP) is 3.40. The van der Waals surface area contributed by atoms with Crippen LogP contribution in [0, 0.1) is 18.3 Å². The molecular formula is C7H9N2O4PS3. The molecule has 0 atom stereocenters. The van der Waals surface area contributed by atoms with Gasteiger partial charge in [0.05, 0.1) is 14.2 Å². The van der Waals surface area contributed by atoms with Crippen LogP contribution in [0.2, 0.25) is 0 Å². The van der Waals surface area contributed by atoms with Crippen LogP contribution in [-0.2, 0) is 12.9 Å². The molecule has 1 aromatic rings. The maximum Gasteiger partial charge on any atom is 0.413 e. The minimum absolute atomic E-state index is 0.0485. The highest BCUT2D eigenvalue weighted by atomic mass is 33.1. The van der Waals surface area contributed by atoms with Gasteiger partial charge in [0, 0.05) is 4.88 Å². The van der Waals surface area contributed by atoms with E-state index >= 15 is 0 Å². The summed E-state index contributed by atoms with van der Waals surface area (Å²) in [6.45, 7) is 1.74. The zero-order valence-corrected chi connectivity index (χ0v) is 12.5. The molecule has 0 unspecified atom stereocenters. The standard InChI is InChI=1S/C7H9N2O4PS3/c1-5-6(4-8)7(9-15-5)13-14(10,16-11-2)17-12-3/h1-3H3. The van der Waals surface area contributed by atoms with E-state index in [1.165, 1.54) is 14.2 Å².